The number of hydrogen-bond acceptors (Lipinski definition) is 6. The van der Waals surface area contributed by atoms with Crippen LogP contribution >= 0.6 is 0 Å². The second-order valence-electron chi connectivity index (χ2n) is 13.6. The van der Waals surface area contributed by atoms with E-state index in [1.807, 2.05) is 36.4 Å². The summed E-state index contributed by atoms with van der Waals surface area (Å²) < 4.78 is 44.0. The highest BCUT2D eigenvalue weighted by molar-refractivity contribution is 7.88. The molecule has 5 atom stereocenters. The monoisotopic (exact) mass is 578 g/mol. The van der Waals surface area contributed by atoms with Gasteiger partial charge in [-0.05, 0) is 86.1 Å². The van der Waals surface area contributed by atoms with Gasteiger partial charge in [0, 0.05) is 19.0 Å². The molecular weight excluding hydrogens is 536 g/mol. The third-order valence-corrected chi connectivity index (χ3v) is 11.7. The van der Waals surface area contributed by atoms with E-state index in [9.17, 15) is 13.2 Å². The Morgan fingerprint density at radius 3 is 2.61 bits per heavy atom. The Morgan fingerprint density at radius 1 is 1.10 bits per heavy atom. The number of carbonyl (C=O) groups is 1. The first kappa shape index (κ1) is 27.4. The minimum atomic E-state index is -3.67. The average Bonchev–Trinajstić information content (AvgIpc) is 3.65. The van der Waals surface area contributed by atoms with E-state index in [4.69, 9.17) is 9.47 Å². The highest BCUT2D eigenvalue weighted by Gasteiger charge is 2.75. The zero-order valence-corrected chi connectivity index (χ0v) is 25.2. The van der Waals surface area contributed by atoms with Gasteiger partial charge in [0.25, 0.3) is 0 Å². The molecule has 3 aliphatic carbocycles. The van der Waals surface area contributed by atoms with Crippen molar-refractivity contribution in [3.63, 3.8) is 0 Å². The molecule has 0 aromatic heterocycles. The molecule has 2 heterocycles. The van der Waals surface area contributed by atoms with Crippen LogP contribution in [0.3, 0.4) is 0 Å². The van der Waals surface area contributed by atoms with Crippen molar-refractivity contribution in [2.45, 2.75) is 101 Å². The number of benzene rings is 2. The highest BCUT2D eigenvalue weighted by atomic mass is 32.2. The molecule has 1 saturated heterocycles. The third kappa shape index (κ3) is 4.43. The van der Waals surface area contributed by atoms with Crippen molar-refractivity contribution in [3.8, 4) is 5.75 Å². The van der Waals surface area contributed by atoms with E-state index >= 15 is 0 Å². The smallest absolute Gasteiger partial charge is 0.303 e. The molecule has 0 amide bonds. The summed E-state index contributed by atoms with van der Waals surface area (Å²) in [5, 5.41) is 0. The molecule has 1 spiro atoms. The fraction of sp³-hybridized carbons (Fsp3) is 0.606. The number of nitrogens with one attached hydrogen (secondary N) is 1. The quantitative estimate of drug-likeness (QED) is 0.441. The van der Waals surface area contributed by atoms with Gasteiger partial charge in [-0.1, -0.05) is 50.2 Å². The molecule has 8 heteroatoms. The van der Waals surface area contributed by atoms with E-state index in [0.29, 0.717) is 18.8 Å². The van der Waals surface area contributed by atoms with Crippen LogP contribution < -0.4 is 9.46 Å². The van der Waals surface area contributed by atoms with Crippen LogP contribution in [0, 0.1) is 11.8 Å². The Labute approximate surface area is 244 Å². The lowest BCUT2D eigenvalue weighted by Crippen LogP contribution is -2.79. The first-order valence-corrected chi connectivity index (χ1v) is 17.1. The van der Waals surface area contributed by atoms with Crippen molar-refractivity contribution in [1.29, 1.82) is 0 Å². The summed E-state index contributed by atoms with van der Waals surface area (Å²) in [6, 6.07) is 13.8. The number of piperidine rings is 1. The molecule has 2 saturated carbocycles. The Hall–Kier alpha value is -2.42. The maximum Gasteiger partial charge on any atom is 0.303 e. The van der Waals surface area contributed by atoms with Gasteiger partial charge in [0.2, 0.25) is 10.0 Å². The minimum absolute atomic E-state index is 0.0583. The number of hydrogen-bond donors (Lipinski definition) is 1. The number of nitrogens with zero attached hydrogens (tertiary/aromatic N) is 1. The summed E-state index contributed by atoms with van der Waals surface area (Å²) in [7, 11) is -3.67. The van der Waals surface area contributed by atoms with Crippen LogP contribution in [0.25, 0.3) is 0 Å². The Kier molecular flexibility index (Phi) is 6.56. The third-order valence-electron chi connectivity index (χ3n) is 10.4. The molecule has 3 fully saturated rings. The lowest BCUT2D eigenvalue weighted by molar-refractivity contribution is -0.218. The molecule has 0 unspecified atom stereocenters. The van der Waals surface area contributed by atoms with Crippen LogP contribution in [0.15, 0.2) is 42.5 Å². The van der Waals surface area contributed by atoms with Crippen LogP contribution in [0.2, 0.25) is 0 Å². The van der Waals surface area contributed by atoms with Crippen molar-refractivity contribution in [3.05, 3.63) is 64.7 Å². The number of likely N-dealkylation sites (tertiary alicyclic amines) is 1. The molecule has 7 rings (SSSR count). The second-order valence-corrected chi connectivity index (χ2v) is 15.3. The SMILES string of the molecule is CC(=O)O[C@@]12CC[C@H](NS(=O)(=O)Cc3ccccc3CC(C)C)[C@@H]3Oc4cccc5c4[C@@]31CCN(CC1CC1)[C@@H]2C5. The number of sulfonamides is 1. The van der Waals surface area contributed by atoms with Crippen LogP contribution in [-0.4, -0.2) is 56.2 Å². The van der Waals surface area contributed by atoms with Crippen LogP contribution in [-0.2, 0) is 43.6 Å². The van der Waals surface area contributed by atoms with E-state index in [-0.39, 0.29) is 17.8 Å². The van der Waals surface area contributed by atoms with Gasteiger partial charge in [-0.2, -0.15) is 0 Å². The molecule has 41 heavy (non-hydrogen) atoms. The Balaban J connectivity index is 1.25. The van der Waals surface area contributed by atoms with Gasteiger partial charge in [0.05, 0.1) is 23.3 Å². The zero-order valence-electron chi connectivity index (χ0n) is 24.4. The summed E-state index contributed by atoms with van der Waals surface area (Å²) >= 11 is 0. The first-order valence-electron chi connectivity index (χ1n) is 15.4. The van der Waals surface area contributed by atoms with Crippen LogP contribution in [0.4, 0.5) is 0 Å². The van der Waals surface area contributed by atoms with E-state index in [2.05, 4.69) is 29.5 Å². The largest absolute Gasteiger partial charge is 0.487 e. The fourth-order valence-corrected chi connectivity index (χ4v) is 10.3. The fourth-order valence-electron chi connectivity index (χ4n) is 8.82. The van der Waals surface area contributed by atoms with Gasteiger partial charge in [-0.3, -0.25) is 9.69 Å². The number of esters is 1. The predicted molar refractivity (Wildman–Crippen MR) is 157 cm³/mol. The molecule has 1 N–H and O–H groups in total. The predicted octanol–water partition coefficient (Wildman–Crippen LogP) is 4.51. The van der Waals surface area contributed by atoms with E-state index in [0.717, 1.165) is 60.7 Å². The van der Waals surface area contributed by atoms with Crippen molar-refractivity contribution >= 4 is 16.0 Å². The number of rotatable bonds is 9. The maximum atomic E-state index is 13.8. The van der Waals surface area contributed by atoms with Crippen molar-refractivity contribution in [1.82, 2.24) is 9.62 Å². The van der Waals surface area contributed by atoms with Gasteiger partial charge in [0.15, 0.2) is 0 Å². The lowest BCUT2D eigenvalue weighted by Gasteiger charge is -2.65. The summed E-state index contributed by atoms with van der Waals surface area (Å²) in [6.07, 6.45) is 5.73. The number of ether oxygens (including phenoxy) is 2. The normalized spacial score (nSPS) is 32.0. The van der Waals surface area contributed by atoms with Crippen molar-refractivity contribution < 1.29 is 22.7 Å². The Morgan fingerprint density at radius 2 is 1.88 bits per heavy atom. The second kappa shape index (κ2) is 9.81. The van der Waals surface area contributed by atoms with Gasteiger partial charge < -0.3 is 9.47 Å². The molecule has 0 radical (unpaired) electrons. The molecule has 2 aliphatic heterocycles. The maximum absolute atomic E-state index is 13.8. The molecule has 2 bridgehead atoms. The summed E-state index contributed by atoms with van der Waals surface area (Å²) in [6.45, 7) is 7.76. The first-order chi connectivity index (χ1) is 19.6. The minimum Gasteiger partial charge on any atom is -0.487 e. The van der Waals surface area contributed by atoms with Crippen molar-refractivity contribution in [2.24, 2.45) is 11.8 Å². The average molecular weight is 579 g/mol. The standard InChI is InChI=1S/C33H42N2O5S/c1-21(2)17-24-7-4-5-8-26(24)20-41(37,38)34-27-13-14-33(40-22(3)36)29-18-25-9-6-10-28-30(25)32(33,31(27)39-28)15-16-35(29)19-23-11-12-23/h4-10,21,23,27,29,31,34H,11-20H2,1-3H3/t27-,29+,31-,32-,33+/m0/s1. The molecule has 2 aromatic rings. The van der Waals surface area contributed by atoms with E-state index in [1.165, 1.54) is 25.3 Å². The van der Waals surface area contributed by atoms with E-state index < -0.39 is 33.2 Å². The van der Waals surface area contributed by atoms with Gasteiger partial charge in [-0.25, -0.2) is 13.1 Å². The van der Waals surface area contributed by atoms with E-state index in [1.54, 1.807) is 0 Å². The molecule has 2 aromatic carbocycles. The highest BCUT2D eigenvalue weighted by Crippen LogP contribution is 2.65. The van der Waals surface area contributed by atoms with Crippen LogP contribution in [0.1, 0.15) is 75.1 Å². The van der Waals surface area contributed by atoms with Crippen LogP contribution in [0.5, 0.6) is 5.75 Å². The molecule has 220 valence electrons. The summed E-state index contributed by atoms with van der Waals surface area (Å²) in [5.74, 6) is 1.66. The lowest BCUT2D eigenvalue weighted by atomic mass is 9.48. The molecular formula is C33H42N2O5S. The zero-order chi connectivity index (χ0) is 28.6. The van der Waals surface area contributed by atoms with Crippen molar-refractivity contribution in [2.75, 3.05) is 13.1 Å². The molecule has 5 aliphatic rings. The van der Waals surface area contributed by atoms with Gasteiger partial charge >= 0.3 is 5.97 Å². The number of carbonyl (C=O) groups excluding carboxylic acids is 1. The summed E-state index contributed by atoms with van der Waals surface area (Å²) in [4.78, 5) is 15.4. The Bertz CT molecular complexity index is 1470. The summed E-state index contributed by atoms with van der Waals surface area (Å²) in [5.41, 5.74) is 3.03. The van der Waals surface area contributed by atoms with Gasteiger partial charge in [0.1, 0.15) is 17.5 Å². The van der Waals surface area contributed by atoms with Gasteiger partial charge in [-0.15, -0.1) is 0 Å². The topological polar surface area (TPSA) is 84.9 Å². The molecule has 7 nitrogen and oxygen atoms in total.